The van der Waals surface area contributed by atoms with Crippen molar-refractivity contribution in [2.24, 2.45) is 0 Å². The molecule has 3 nitrogen and oxygen atoms in total. The number of rotatable bonds is 3. The summed E-state index contributed by atoms with van der Waals surface area (Å²) in [5, 5.41) is 2.28. The predicted molar refractivity (Wildman–Crippen MR) is 268 cm³/mol. The van der Waals surface area contributed by atoms with Crippen LogP contribution in [0.15, 0.2) is 144 Å². The molecule has 7 aromatic carbocycles. The minimum absolute atomic E-state index is 0.0175. The summed E-state index contributed by atoms with van der Waals surface area (Å²) in [5.41, 5.74) is 20.8. The van der Waals surface area contributed by atoms with Gasteiger partial charge < -0.3 is 14.2 Å². The first-order valence-corrected chi connectivity index (χ1v) is 22.5. The van der Waals surface area contributed by atoms with Crippen LogP contribution in [0.5, 0.6) is 0 Å². The minimum atomic E-state index is -0.105. The van der Waals surface area contributed by atoms with E-state index in [9.17, 15) is 0 Å². The Bertz CT molecular complexity index is 3070. The maximum atomic E-state index is 6.25. The smallest absolute Gasteiger partial charge is 0.252 e. The predicted octanol–water partition coefficient (Wildman–Crippen LogP) is 14.5. The van der Waals surface area contributed by atoms with E-state index in [4.69, 9.17) is 4.42 Å². The summed E-state index contributed by atoms with van der Waals surface area (Å²) in [6.07, 6.45) is 0. The maximum absolute atomic E-state index is 6.25. The van der Waals surface area contributed by atoms with Gasteiger partial charge in [-0.25, -0.2) is 0 Å². The SMILES string of the molecule is CC(C)(C)c1ccc(N2c3ccc(C(C)(C)C)cc3B3c4cc(C(C)(C)C)ccc4N(c4cccc(-c5ccc6oc7ccccc7c6c5)c4)c4cc(C(C)(C)C)cc2c43)cc1. The molecule has 0 saturated heterocycles. The van der Waals surface area contributed by atoms with Gasteiger partial charge in [0.05, 0.1) is 0 Å². The van der Waals surface area contributed by atoms with Crippen molar-refractivity contribution in [2.45, 2.75) is 105 Å². The van der Waals surface area contributed by atoms with Crippen LogP contribution < -0.4 is 26.2 Å². The quantitative estimate of drug-likeness (QED) is 0.166. The molecular weight excluding hydrogens is 751 g/mol. The van der Waals surface area contributed by atoms with Gasteiger partial charge >= 0.3 is 0 Å². The van der Waals surface area contributed by atoms with Crippen molar-refractivity contribution in [2.75, 3.05) is 9.80 Å². The summed E-state index contributed by atoms with van der Waals surface area (Å²) in [6, 6.07) is 53.1. The molecule has 0 N–H and O–H groups in total. The van der Waals surface area contributed by atoms with E-state index < -0.39 is 0 Å². The van der Waals surface area contributed by atoms with Gasteiger partial charge in [-0.15, -0.1) is 0 Å². The van der Waals surface area contributed by atoms with Crippen LogP contribution in [0.25, 0.3) is 33.1 Å². The normalized spacial score (nSPS) is 14.0. The lowest BCUT2D eigenvalue weighted by Gasteiger charge is -2.45. The molecule has 1 aromatic heterocycles. The third kappa shape index (κ3) is 6.57. The summed E-state index contributed by atoms with van der Waals surface area (Å²) < 4.78 is 6.25. The van der Waals surface area contributed by atoms with E-state index in [0.29, 0.717) is 0 Å². The molecule has 0 atom stereocenters. The van der Waals surface area contributed by atoms with Gasteiger partial charge in [-0.05, 0) is 138 Å². The molecule has 2 aliphatic rings. The van der Waals surface area contributed by atoms with Crippen LogP contribution >= 0.6 is 0 Å². The number of fused-ring (bicyclic) bond motifs is 7. The van der Waals surface area contributed by atoms with Crippen molar-refractivity contribution in [1.29, 1.82) is 0 Å². The number of nitrogens with zero attached hydrogens (tertiary/aromatic N) is 2. The zero-order chi connectivity index (χ0) is 43.7. The van der Waals surface area contributed by atoms with E-state index in [0.717, 1.165) is 27.6 Å². The van der Waals surface area contributed by atoms with Crippen LogP contribution in [0.3, 0.4) is 0 Å². The van der Waals surface area contributed by atoms with Crippen LogP contribution in [0, 0.1) is 0 Å². The highest BCUT2D eigenvalue weighted by Crippen LogP contribution is 2.48. The monoisotopic (exact) mass is 810 g/mol. The van der Waals surface area contributed by atoms with Crippen molar-refractivity contribution in [3.05, 3.63) is 162 Å². The fourth-order valence-electron chi connectivity index (χ4n) is 9.77. The van der Waals surface area contributed by atoms with E-state index in [1.54, 1.807) is 0 Å². The summed E-state index contributed by atoms with van der Waals surface area (Å²) in [5.74, 6) is 0. The molecule has 62 heavy (non-hydrogen) atoms. The Balaban J connectivity index is 1.27. The van der Waals surface area contributed by atoms with E-state index in [-0.39, 0.29) is 28.4 Å². The molecule has 8 aromatic rings. The fourth-order valence-corrected chi connectivity index (χ4v) is 9.77. The Labute approximate surface area is 369 Å². The first kappa shape index (κ1) is 40.1. The fraction of sp³-hybridized carbons (Fsp3) is 0.276. The molecular formula is C58H59BN2O. The summed E-state index contributed by atoms with van der Waals surface area (Å²) in [6.45, 7) is 28.0. The summed E-state index contributed by atoms with van der Waals surface area (Å²) in [4.78, 5) is 5.14. The lowest BCUT2D eigenvalue weighted by molar-refractivity contribution is 0.589. The molecule has 0 saturated carbocycles. The van der Waals surface area contributed by atoms with Gasteiger partial charge in [-0.2, -0.15) is 0 Å². The molecule has 2 aliphatic heterocycles. The molecule has 0 radical (unpaired) electrons. The Kier molecular flexibility index (Phi) is 8.89. The van der Waals surface area contributed by atoms with E-state index in [2.05, 4.69) is 226 Å². The van der Waals surface area contributed by atoms with Crippen molar-refractivity contribution >= 4 is 79.2 Å². The lowest BCUT2D eigenvalue weighted by atomic mass is 9.33. The average Bonchev–Trinajstić information content (AvgIpc) is 3.60. The zero-order valence-corrected chi connectivity index (χ0v) is 38.7. The second-order valence-electron chi connectivity index (χ2n) is 22.0. The summed E-state index contributed by atoms with van der Waals surface area (Å²) in [7, 11) is 0. The van der Waals surface area contributed by atoms with Crippen LogP contribution in [0.2, 0.25) is 0 Å². The number of hydrogen-bond acceptors (Lipinski definition) is 3. The van der Waals surface area contributed by atoms with E-state index in [1.165, 1.54) is 78.2 Å². The molecule has 0 fully saturated rings. The first-order valence-electron chi connectivity index (χ1n) is 22.5. The third-order valence-corrected chi connectivity index (χ3v) is 13.5. The number of para-hydroxylation sites is 1. The van der Waals surface area contributed by atoms with Crippen LogP contribution in [-0.2, 0) is 21.7 Å². The maximum Gasteiger partial charge on any atom is 0.252 e. The standard InChI is InChI=1S/C58H59BN2O/c1-55(2,3)38-21-25-42(26-22-38)60-48-27-23-39(56(4,5)6)32-46(48)59-47-33-40(57(7,8)9)24-28-49(47)61(51-35-41(58(10,11)12)34-50(60)54(51)59)43-17-15-16-36(30-43)37-20-29-53-45(31-37)44-18-13-14-19-52(44)62-53/h13-35H,1-12H3. The molecule has 3 heterocycles. The largest absolute Gasteiger partial charge is 0.456 e. The number of benzene rings is 7. The van der Waals surface area contributed by atoms with E-state index in [1.807, 2.05) is 6.07 Å². The molecule has 0 spiro atoms. The van der Waals surface area contributed by atoms with Gasteiger partial charge in [0.25, 0.3) is 6.71 Å². The van der Waals surface area contributed by atoms with Crippen LogP contribution in [0.4, 0.5) is 34.1 Å². The summed E-state index contributed by atoms with van der Waals surface area (Å²) >= 11 is 0. The molecule has 0 unspecified atom stereocenters. The molecule has 310 valence electrons. The second-order valence-corrected chi connectivity index (χ2v) is 22.0. The van der Waals surface area contributed by atoms with Gasteiger partial charge in [0.15, 0.2) is 0 Å². The van der Waals surface area contributed by atoms with Crippen molar-refractivity contribution < 1.29 is 4.42 Å². The zero-order valence-electron chi connectivity index (χ0n) is 38.7. The van der Waals surface area contributed by atoms with Crippen molar-refractivity contribution in [3.63, 3.8) is 0 Å². The number of furan rings is 1. The molecule has 10 rings (SSSR count). The first-order chi connectivity index (χ1) is 29.3. The van der Waals surface area contributed by atoms with Gasteiger partial charge in [-0.3, -0.25) is 0 Å². The number of anilines is 6. The van der Waals surface area contributed by atoms with Crippen molar-refractivity contribution in [3.8, 4) is 11.1 Å². The molecule has 4 heteroatoms. The van der Waals surface area contributed by atoms with E-state index >= 15 is 0 Å². The van der Waals surface area contributed by atoms with Crippen LogP contribution in [0.1, 0.15) is 105 Å². The topological polar surface area (TPSA) is 19.6 Å². The lowest BCUT2D eigenvalue weighted by Crippen LogP contribution is -2.61. The average molecular weight is 811 g/mol. The molecule has 0 amide bonds. The van der Waals surface area contributed by atoms with Gasteiger partial charge in [0.1, 0.15) is 11.2 Å². The van der Waals surface area contributed by atoms with Gasteiger partial charge in [0.2, 0.25) is 0 Å². The molecule has 0 bridgehead atoms. The number of hydrogen-bond donors (Lipinski definition) is 0. The highest BCUT2D eigenvalue weighted by atomic mass is 16.3. The van der Waals surface area contributed by atoms with Crippen molar-refractivity contribution in [1.82, 2.24) is 0 Å². The highest BCUT2D eigenvalue weighted by Gasteiger charge is 2.45. The van der Waals surface area contributed by atoms with Gasteiger partial charge in [0, 0.05) is 44.9 Å². The second kappa shape index (κ2) is 13.8. The Morgan fingerprint density at radius 1 is 0.371 bits per heavy atom. The van der Waals surface area contributed by atoms with Gasteiger partial charge in [-0.1, -0.05) is 156 Å². The Morgan fingerprint density at radius 2 is 0.887 bits per heavy atom. The minimum Gasteiger partial charge on any atom is -0.456 e. The molecule has 0 aliphatic carbocycles. The highest BCUT2D eigenvalue weighted by molar-refractivity contribution is 7.00. The Morgan fingerprint density at radius 3 is 1.47 bits per heavy atom. The third-order valence-electron chi connectivity index (χ3n) is 13.5. The Hall–Kier alpha value is -6.00. The van der Waals surface area contributed by atoms with Crippen LogP contribution in [-0.4, -0.2) is 6.71 Å².